The fourth-order valence-electron chi connectivity index (χ4n) is 2.99. The smallest absolute Gasteiger partial charge is 0.322 e. The Morgan fingerprint density at radius 1 is 1.06 bits per heavy atom. The van der Waals surface area contributed by atoms with Gasteiger partial charge in [-0.3, -0.25) is 4.79 Å². The highest BCUT2D eigenvalue weighted by atomic mass is 35.5. The van der Waals surface area contributed by atoms with Crippen LogP contribution in [-0.4, -0.2) is 25.5 Å². The maximum atomic E-state index is 12.9. The van der Waals surface area contributed by atoms with Gasteiger partial charge < -0.3 is 5.11 Å². The maximum absolute atomic E-state index is 12.9. The monoisotopic (exact) mass is 474 g/mol. The van der Waals surface area contributed by atoms with Gasteiger partial charge in [-0.05, 0) is 53.9 Å². The molecule has 0 saturated carbocycles. The van der Waals surface area contributed by atoms with E-state index in [1.165, 1.54) is 18.2 Å². The summed E-state index contributed by atoms with van der Waals surface area (Å²) in [6, 6.07) is 17.8. The lowest BCUT2D eigenvalue weighted by molar-refractivity contribution is -0.138. The number of sulfonamides is 1. The first-order valence-corrected chi connectivity index (χ1v) is 11.2. The lowest BCUT2D eigenvalue weighted by Gasteiger charge is -2.16. The third-order valence-electron chi connectivity index (χ3n) is 4.48. The predicted octanol–water partition coefficient (Wildman–Crippen LogP) is 4.51. The Labute approximate surface area is 189 Å². The number of carboxylic acids is 1. The van der Waals surface area contributed by atoms with E-state index in [9.17, 15) is 18.3 Å². The molecule has 1 atom stereocenters. The molecule has 0 aliphatic heterocycles. The third kappa shape index (κ3) is 5.63. The molecule has 158 valence electrons. The van der Waals surface area contributed by atoms with Gasteiger partial charge in [-0.2, -0.15) is 9.98 Å². The number of nitrogens with zero attached hydrogens (tertiary/aromatic N) is 1. The number of nitriles is 1. The van der Waals surface area contributed by atoms with Crippen LogP contribution in [0.4, 0.5) is 0 Å². The van der Waals surface area contributed by atoms with Gasteiger partial charge in [0.1, 0.15) is 6.04 Å². The summed E-state index contributed by atoms with van der Waals surface area (Å²) < 4.78 is 28.0. The minimum Gasteiger partial charge on any atom is -0.480 e. The first-order chi connectivity index (χ1) is 14.7. The van der Waals surface area contributed by atoms with Crippen molar-refractivity contribution in [3.05, 3.63) is 87.9 Å². The largest absolute Gasteiger partial charge is 0.480 e. The first-order valence-electron chi connectivity index (χ1n) is 8.99. The molecular formula is C22H16Cl2N2O4S. The van der Waals surface area contributed by atoms with Gasteiger partial charge in [0.2, 0.25) is 10.0 Å². The maximum Gasteiger partial charge on any atom is 0.322 e. The number of benzene rings is 3. The topological polar surface area (TPSA) is 107 Å². The van der Waals surface area contributed by atoms with Crippen molar-refractivity contribution in [3.8, 4) is 17.2 Å². The molecule has 0 aromatic heterocycles. The van der Waals surface area contributed by atoms with Crippen LogP contribution in [-0.2, 0) is 21.2 Å². The van der Waals surface area contributed by atoms with Crippen LogP contribution in [0.15, 0.2) is 71.6 Å². The summed E-state index contributed by atoms with van der Waals surface area (Å²) in [5, 5.41) is 19.4. The SMILES string of the molecule is N#Cc1cccc(C[C@H](NS(=O)(=O)c2cccc(-c3ccc(Cl)cc3Cl)c2)C(=O)O)c1. The summed E-state index contributed by atoms with van der Waals surface area (Å²) >= 11 is 12.1. The van der Waals surface area contributed by atoms with Crippen LogP contribution in [0.5, 0.6) is 0 Å². The molecule has 0 radical (unpaired) electrons. The second-order valence-corrected chi connectivity index (χ2v) is 9.24. The molecule has 0 bridgehead atoms. The lowest BCUT2D eigenvalue weighted by Crippen LogP contribution is -2.42. The third-order valence-corrected chi connectivity index (χ3v) is 6.50. The van der Waals surface area contributed by atoms with Gasteiger partial charge in [0.15, 0.2) is 0 Å². The number of rotatable bonds is 7. The van der Waals surface area contributed by atoms with Gasteiger partial charge in [-0.25, -0.2) is 8.42 Å². The van der Waals surface area contributed by atoms with E-state index < -0.39 is 22.0 Å². The minimum atomic E-state index is -4.16. The first kappa shape index (κ1) is 22.8. The van der Waals surface area contributed by atoms with E-state index >= 15 is 0 Å². The minimum absolute atomic E-state index is 0.104. The Hall–Kier alpha value is -2.89. The lowest BCUT2D eigenvalue weighted by atomic mass is 10.0. The number of halogens is 2. The Morgan fingerprint density at radius 3 is 2.48 bits per heavy atom. The molecular weight excluding hydrogens is 459 g/mol. The van der Waals surface area contributed by atoms with E-state index in [-0.39, 0.29) is 11.3 Å². The number of hydrogen-bond acceptors (Lipinski definition) is 4. The zero-order valence-corrected chi connectivity index (χ0v) is 18.2. The molecule has 0 aliphatic carbocycles. The van der Waals surface area contributed by atoms with E-state index in [1.807, 2.05) is 6.07 Å². The van der Waals surface area contributed by atoms with E-state index in [0.717, 1.165) is 0 Å². The molecule has 2 N–H and O–H groups in total. The molecule has 0 aliphatic rings. The van der Waals surface area contributed by atoms with Crippen LogP contribution < -0.4 is 4.72 Å². The Bertz CT molecular complexity index is 1290. The molecule has 3 aromatic carbocycles. The number of carboxylic acid groups (broad SMARTS) is 1. The molecule has 0 spiro atoms. The summed E-state index contributed by atoms with van der Waals surface area (Å²) in [6.45, 7) is 0. The quantitative estimate of drug-likeness (QED) is 0.523. The van der Waals surface area contributed by atoms with Crippen molar-refractivity contribution in [3.63, 3.8) is 0 Å². The van der Waals surface area contributed by atoms with Crippen molar-refractivity contribution < 1.29 is 18.3 Å². The van der Waals surface area contributed by atoms with Crippen LogP contribution in [0.1, 0.15) is 11.1 Å². The van der Waals surface area contributed by atoms with E-state index in [4.69, 9.17) is 28.5 Å². The molecule has 6 nitrogen and oxygen atoms in total. The van der Waals surface area contributed by atoms with E-state index in [2.05, 4.69) is 4.72 Å². The molecule has 3 aromatic rings. The van der Waals surface area contributed by atoms with Crippen molar-refractivity contribution in [1.82, 2.24) is 4.72 Å². The van der Waals surface area contributed by atoms with Crippen molar-refractivity contribution >= 4 is 39.2 Å². The Balaban J connectivity index is 1.89. The molecule has 0 saturated heterocycles. The fraction of sp³-hybridized carbons (Fsp3) is 0.0909. The Kier molecular flexibility index (Phi) is 6.98. The standard InChI is InChI=1S/C22H16Cl2N2O4S/c23-17-7-8-19(20(24)12-17)16-5-2-6-18(11-16)31(29,30)26-21(22(27)28)10-14-3-1-4-15(9-14)13-25/h1-9,11-12,21,26H,10H2,(H,27,28)/t21-/m0/s1. The average Bonchev–Trinajstić information content (AvgIpc) is 2.73. The summed E-state index contributed by atoms with van der Waals surface area (Å²) in [5.74, 6) is -1.33. The van der Waals surface area contributed by atoms with E-state index in [1.54, 1.807) is 48.5 Å². The molecule has 0 heterocycles. The summed E-state index contributed by atoms with van der Waals surface area (Å²) in [4.78, 5) is 11.6. The Morgan fingerprint density at radius 2 is 1.81 bits per heavy atom. The second-order valence-electron chi connectivity index (χ2n) is 6.68. The normalized spacial score (nSPS) is 12.2. The summed E-state index contributed by atoms with van der Waals surface area (Å²) in [7, 11) is -4.16. The average molecular weight is 475 g/mol. The van der Waals surface area contributed by atoms with Crippen LogP contribution in [0.2, 0.25) is 10.0 Å². The van der Waals surface area contributed by atoms with Gasteiger partial charge in [-0.1, -0.05) is 53.5 Å². The molecule has 0 fully saturated rings. The van der Waals surface area contributed by atoms with Gasteiger partial charge in [-0.15, -0.1) is 0 Å². The highest BCUT2D eigenvalue weighted by molar-refractivity contribution is 7.89. The van der Waals surface area contributed by atoms with Crippen molar-refractivity contribution in [2.45, 2.75) is 17.4 Å². The zero-order chi connectivity index (χ0) is 22.6. The predicted molar refractivity (Wildman–Crippen MR) is 119 cm³/mol. The summed E-state index contributed by atoms with van der Waals surface area (Å²) in [6.07, 6.45) is -0.118. The van der Waals surface area contributed by atoms with E-state index in [0.29, 0.717) is 32.3 Å². The highest BCUT2D eigenvalue weighted by Crippen LogP contribution is 2.31. The molecule has 31 heavy (non-hydrogen) atoms. The zero-order valence-electron chi connectivity index (χ0n) is 15.9. The molecule has 3 rings (SSSR count). The number of hydrogen-bond donors (Lipinski definition) is 2. The van der Waals surface area contributed by atoms with Crippen molar-refractivity contribution in [1.29, 1.82) is 5.26 Å². The van der Waals surface area contributed by atoms with Crippen molar-refractivity contribution in [2.24, 2.45) is 0 Å². The van der Waals surface area contributed by atoms with Gasteiger partial charge in [0, 0.05) is 15.6 Å². The van der Waals surface area contributed by atoms with Gasteiger partial charge in [0.05, 0.1) is 16.5 Å². The number of carbonyl (C=O) groups is 1. The second kappa shape index (κ2) is 9.50. The number of nitrogens with one attached hydrogen (secondary N) is 1. The van der Waals surface area contributed by atoms with Gasteiger partial charge >= 0.3 is 5.97 Å². The van der Waals surface area contributed by atoms with Crippen LogP contribution >= 0.6 is 23.2 Å². The fourth-order valence-corrected chi connectivity index (χ4v) is 4.74. The molecule has 0 amide bonds. The highest BCUT2D eigenvalue weighted by Gasteiger charge is 2.26. The van der Waals surface area contributed by atoms with Crippen molar-refractivity contribution in [2.75, 3.05) is 0 Å². The van der Waals surface area contributed by atoms with Crippen LogP contribution in [0.25, 0.3) is 11.1 Å². The summed E-state index contributed by atoms with van der Waals surface area (Å²) in [5.41, 5.74) is 2.01. The van der Waals surface area contributed by atoms with Crippen LogP contribution in [0.3, 0.4) is 0 Å². The van der Waals surface area contributed by atoms with Gasteiger partial charge in [0.25, 0.3) is 0 Å². The molecule has 0 unspecified atom stereocenters. The molecule has 9 heteroatoms. The van der Waals surface area contributed by atoms with Crippen LogP contribution in [0, 0.1) is 11.3 Å². The number of aliphatic carboxylic acids is 1.